The molecule has 0 saturated heterocycles. The van der Waals surface area contributed by atoms with E-state index in [1.165, 1.54) is 0 Å². The monoisotopic (exact) mass is 215 g/mol. The number of benzene rings is 1. The summed E-state index contributed by atoms with van der Waals surface area (Å²) in [6.07, 6.45) is 1.58. The zero-order valence-corrected chi connectivity index (χ0v) is 8.60. The Balaban J connectivity index is 2.23. The van der Waals surface area contributed by atoms with Crippen molar-refractivity contribution in [2.24, 2.45) is 0 Å². The second-order valence-corrected chi connectivity index (χ2v) is 3.58. The highest BCUT2D eigenvalue weighted by Crippen LogP contribution is 2.29. The Bertz CT molecular complexity index is 654. The molecular formula is C11H9N3O2. The molecule has 0 unspecified atom stereocenters. The number of aromatic nitrogens is 2. The van der Waals surface area contributed by atoms with Crippen LogP contribution in [0.3, 0.4) is 0 Å². The fourth-order valence-corrected chi connectivity index (χ4v) is 1.70. The molecule has 3 aromatic rings. The molecule has 1 aromatic carbocycles. The van der Waals surface area contributed by atoms with Gasteiger partial charge in [0.2, 0.25) is 5.88 Å². The molecule has 0 aliphatic heterocycles. The average Bonchev–Trinajstić information content (AvgIpc) is 2.86. The van der Waals surface area contributed by atoms with Crippen LogP contribution in [0.2, 0.25) is 0 Å². The summed E-state index contributed by atoms with van der Waals surface area (Å²) < 4.78 is 10.0. The molecule has 2 heterocycles. The van der Waals surface area contributed by atoms with E-state index in [2.05, 4.69) is 10.3 Å². The highest BCUT2D eigenvalue weighted by molar-refractivity contribution is 5.86. The third-order valence-corrected chi connectivity index (χ3v) is 2.56. The average molecular weight is 215 g/mol. The normalized spacial score (nSPS) is 11.1. The molecule has 0 aliphatic carbocycles. The number of nitrogens with two attached hydrogens (primary N) is 1. The number of nitrogens with zero attached hydrogens (tertiary/aromatic N) is 2. The van der Waals surface area contributed by atoms with Gasteiger partial charge in [0, 0.05) is 5.39 Å². The molecule has 2 N–H and O–H groups in total. The lowest BCUT2D eigenvalue weighted by molar-refractivity contribution is 0.436. The minimum absolute atomic E-state index is 0.301. The van der Waals surface area contributed by atoms with Crippen LogP contribution in [-0.4, -0.2) is 10.3 Å². The molecule has 0 fully saturated rings. The van der Waals surface area contributed by atoms with E-state index in [1.54, 1.807) is 6.20 Å². The Hall–Kier alpha value is -2.30. The molecule has 80 valence electrons. The molecule has 5 nitrogen and oxygen atoms in total. The number of hydrogen-bond donors (Lipinski definition) is 1. The number of hydrogen-bond acceptors (Lipinski definition) is 5. The first-order valence-electron chi connectivity index (χ1n) is 4.82. The van der Waals surface area contributed by atoms with Crippen LogP contribution in [0, 0.1) is 6.92 Å². The van der Waals surface area contributed by atoms with Gasteiger partial charge in [-0.1, -0.05) is 16.4 Å². The number of aryl methyl sites for hydroxylation is 1. The second-order valence-electron chi connectivity index (χ2n) is 3.58. The van der Waals surface area contributed by atoms with Crippen LogP contribution in [-0.2, 0) is 0 Å². The summed E-state index contributed by atoms with van der Waals surface area (Å²) in [5.41, 5.74) is 8.92. The van der Waals surface area contributed by atoms with Gasteiger partial charge >= 0.3 is 0 Å². The summed E-state index contributed by atoms with van der Waals surface area (Å²) in [5, 5.41) is 8.53. The highest BCUT2D eigenvalue weighted by Gasteiger charge is 2.10. The predicted octanol–water partition coefficient (Wildman–Crippen LogP) is 2.37. The summed E-state index contributed by atoms with van der Waals surface area (Å²) in [4.78, 5) is 0. The first kappa shape index (κ1) is 8.96. The van der Waals surface area contributed by atoms with Gasteiger partial charge in [0.1, 0.15) is 0 Å². The Morgan fingerprint density at radius 1 is 1.25 bits per heavy atom. The van der Waals surface area contributed by atoms with Gasteiger partial charge in [-0.05, 0) is 24.6 Å². The van der Waals surface area contributed by atoms with Crippen molar-refractivity contribution in [3.05, 3.63) is 30.1 Å². The van der Waals surface area contributed by atoms with Gasteiger partial charge in [-0.15, -0.1) is 0 Å². The van der Waals surface area contributed by atoms with Gasteiger partial charge in [-0.3, -0.25) is 0 Å². The molecule has 2 aromatic heterocycles. The summed E-state index contributed by atoms with van der Waals surface area (Å²) in [6, 6.07) is 5.76. The van der Waals surface area contributed by atoms with E-state index >= 15 is 0 Å². The van der Waals surface area contributed by atoms with Crippen molar-refractivity contribution >= 4 is 16.9 Å². The molecule has 0 spiro atoms. The van der Waals surface area contributed by atoms with Crippen LogP contribution >= 0.6 is 0 Å². The van der Waals surface area contributed by atoms with Crippen molar-refractivity contribution < 1.29 is 9.05 Å². The van der Waals surface area contributed by atoms with E-state index in [0.29, 0.717) is 5.88 Å². The molecule has 16 heavy (non-hydrogen) atoms. The lowest BCUT2D eigenvalue weighted by Gasteiger charge is -1.96. The molecule has 0 aliphatic rings. The van der Waals surface area contributed by atoms with Crippen molar-refractivity contribution in [1.82, 2.24) is 10.3 Å². The van der Waals surface area contributed by atoms with Crippen molar-refractivity contribution in [2.45, 2.75) is 6.92 Å². The van der Waals surface area contributed by atoms with E-state index in [9.17, 15) is 0 Å². The Morgan fingerprint density at radius 2 is 2.12 bits per heavy atom. The molecule has 0 amide bonds. The van der Waals surface area contributed by atoms with Crippen LogP contribution in [0.25, 0.3) is 22.1 Å². The van der Waals surface area contributed by atoms with Crippen molar-refractivity contribution in [3.8, 4) is 11.1 Å². The maximum atomic E-state index is 5.65. The molecule has 0 radical (unpaired) electrons. The van der Waals surface area contributed by atoms with Gasteiger partial charge in [0.05, 0.1) is 17.5 Å². The van der Waals surface area contributed by atoms with Crippen LogP contribution in [0.4, 0.5) is 5.88 Å². The first-order valence-corrected chi connectivity index (χ1v) is 4.82. The minimum atomic E-state index is 0.301. The summed E-state index contributed by atoms with van der Waals surface area (Å²) in [5.74, 6) is 0.301. The van der Waals surface area contributed by atoms with Crippen LogP contribution < -0.4 is 5.73 Å². The van der Waals surface area contributed by atoms with Gasteiger partial charge in [0.15, 0.2) is 5.58 Å². The van der Waals surface area contributed by atoms with Crippen molar-refractivity contribution in [1.29, 1.82) is 0 Å². The van der Waals surface area contributed by atoms with Gasteiger partial charge in [-0.2, -0.15) is 0 Å². The topological polar surface area (TPSA) is 78.1 Å². The molecular weight excluding hydrogens is 206 g/mol. The lowest BCUT2D eigenvalue weighted by atomic mass is 10.1. The third kappa shape index (κ3) is 1.18. The largest absolute Gasteiger partial charge is 0.367 e. The quantitative estimate of drug-likeness (QED) is 0.674. The summed E-state index contributed by atoms with van der Waals surface area (Å²) >= 11 is 0. The molecule has 0 saturated carbocycles. The Morgan fingerprint density at radius 3 is 2.88 bits per heavy atom. The number of rotatable bonds is 1. The summed E-state index contributed by atoms with van der Waals surface area (Å²) in [6.45, 7) is 1.90. The molecule has 3 rings (SSSR count). The Labute approximate surface area is 90.8 Å². The fraction of sp³-hybridized carbons (Fsp3) is 0.0909. The van der Waals surface area contributed by atoms with E-state index < -0.39 is 0 Å². The van der Waals surface area contributed by atoms with E-state index in [4.69, 9.17) is 14.8 Å². The maximum absolute atomic E-state index is 5.65. The van der Waals surface area contributed by atoms with Crippen molar-refractivity contribution in [3.63, 3.8) is 0 Å². The van der Waals surface area contributed by atoms with Gasteiger partial charge < -0.3 is 14.8 Å². The molecule has 0 bridgehead atoms. The fourth-order valence-electron chi connectivity index (χ4n) is 1.70. The predicted molar refractivity (Wildman–Crippen MR) is 58.7 cm³/mol. The SMILES string of the molecule is Cc1noc2cc(-c3cnoc3N)ccc12. The van der Waals surface area contributed by atoms with E-state index in [0.717, 1.165) is 27.8 Å². The Kier molecular flexibility index (Phi) is 1.73. The zero-order valence-electron chi connectivity index (χ0n) is 8.60. The smallest absolute Gasteiger partial charge is 0.229 e. The molecule has 0 atom stereocenters. The lowest BCUT2D eigenvalue weighted by Crippen LogP contribution is -1.84. The number of nitrogen functional groups attached to an aromatic ring is 1. The van der Waals surface area contributed by atoms with Crippen molar-refractivity contribution in [2.75, 3.05) is 5.73 Å². The maximum Gasteiger partial charge on any atom is 0.229 e. The van der Waals surface area contributed by atoms with Gasteiger partial charge in [-0.25, -0.2) is 0 Å². The second kappa shape index (κ2) is 3.10. The summed E-state index contributed by atoms with van der Waals surface area (Å²) in [7, 11) is 0. The third-order valence-electron chi connectivity index (χ3n) is 2.56. The van der Waals surface area contributed by atoms with Crippen LogP contribution in [0.5, 0.6) is 0 Å². The highest BCUT2D eigenvalue weighted by atomic mass is 16.5. The number of anilines is 1. The van der Waals surface area contributed by atoms with Crippen LogP contribution in [0.1, 0.15) is 5.69 Å². The number of fused-ring (bicyclic) bond motifs is 1. The molecule has 5 heteroatoms. The zero-order chi connectivity index (χ0) is 11.1. The van der Waals surface area contributed by atoms with Crippen LogP contribution in [0.15, 0.2) is 33.4 Å². The van der Waals surface area contributed by atoms with E-state index in [-0.39, 0.29) is 0 Å². The standard InChI is InChI=1S/C11H9N3O2/c1-6-8-3-2-7(4-10(8)15-14-6)9-5-13-16-11(9)12/h2-5H,12H2,1H3. The first-order chi connectivity index (χ1) is 7.75. The van der Waals surface area contributed by atoms with E-state index in [1.807, 2.05) is 25.1 Å². The van der Waals surface area contributed by atoms with Gasteiger partial charge in [0.25, 0.3) is 0 Å². The minimum Gasteiger partial charge on any atom is -0.367 e.